The molecule has 1 aliphatic carbocycles. The molecular weight excluding hydrogens is 374 g/mol. The number of rotatable bonds is 5. The Morgan fingerprint density at radius 2 is 1.80 bits per heavy atom. The van der Waals surface area contributed by atoms with Crippen LogP contribution in [0.25, 0.3) is 0 Å². The first-order chi connectivity index (χ1) is 14.5. The van der Waals surface area contributed by atoms with Crippen LogP contribution in [0.15, 0.2) is 60.8 Å². The maximum Gasteiger partial charge on any atom is 0.231 e. The number of nitrogens with zero attached hydrogens (tertiary/aromatic N) is 2. The summed E-state index contributed by atoms with van der Waals surface area (Å²) in [4.78, 5) is 33.7. The fourth-order valence-electron chi connectivity index (χ4n) is 3.84. The SMILES string of the molecule is CC(C)c1ccc([C@@H]2CC(=O)c3cnc(NC(=O)Cc4ccccc4)nc3C2)cc1. The molecule has 5 nitrogen and oxygen atoms in total. The molecule has 1 heterocycles. The Bertz CT molecular complexity index is 1060. The predicted octanol–water partition coefficient (Wildman–Crippen LogP) is 4.69. The number of nitrogens with one attached hydrogen (secondary N) is 1. The second kappa shape index (κ2) is 8.57. The van der Waals surface area contributed by atoms with Gasteiger partial charge in [-0.15, -0.1) is 0 Å². The van der Waals surface area contributed by atoms with E-state index in [1.807, 2.05) is 30.3 Å². The van der Waals surface area contributed by atoms with Crippen molar-refractivity contribution < 1.29 is 9.59 Å². The number of carbonyl (C=O) groups is 2. The van der Waals surface area contributed by atoms with Crippen molar-refractivity contribution in [3.63, 3.8) is 0 Å². The highest BCUT2D eigenvalue weighted by Crippen LogP contribution is 2.32. The Balaban J connectivity index is 1.49. The number of amides is 1. The lowest BCUT2D eigenvalue weighted by Gasteiger charge is -2.23. The molecule has 30 heavy (non-hydrogen) atoms. The van der Waals surface area contributed by atoms with E-state index in [1.165, 1.54) is 5.56 Å². The van der Waals surface area contributed by atoms with Gasteiger partial charge in [-0.25, -0.2) is 9.97 Å². The van der Waals surface area contributed by atoms with Gasteiger partial charge in [0.1, 0.15) is 0 Å². The van der Waals surface area contributed by atoms with E-state index in [2.05, 4.69) is 53.4 Å². The van der Waals surface area contributed by atoms with E-state index in [0.717, 1.165) is 11.1 Å². The lowest BCUT2D eigenvalue weighted by molar-refractivity contribution is -0.115. The third-order valence-corrected chi connectivity index (χ3v) is 5.57. The van der Waals surface area contributed by atoms with E-state index >= 15 is 0 Å². The van der Waals surface area contributed by atoms with Gasteiger partial charge in [0.25, 0.3) is 0 Å². The molecule has 1 N–H and O–H groups in total. The molecule has 4 rings (SSSR count). The second-order valence-electron chi connectivity index (χ2n) is 8.11. The normalized spacial score (nSPS) is 15.7. The molecule has 1 aromatic heterocycles. The van der Waals surface area contributed by atoms with Gasteiger partial charge in [0, 0.05) is 12.6 Å². The highest BCUT2D eigenvalue weighted by molar-refractivity contribution is 5.99. The number of aromatic nitrogens is 2. The summed E-state index contributed by atoms with van der Waals surface area (Å²) in [6.07, 6.45) is 2.91. The average molecular weight is 399 g/mol. The summed E-state index contributed by atoms with van der Waals surface area (Å²) in [5, 5.41) is 2.76. The van der Waals surface area contributed by atoms with Gasteiger partial charge in [-0.1, -0.05) is 68.4 Å². The number of fused-ring (bicyclic) bond motifs is 1. The van der Waals surface area contributed by atoms with Crippen molar-refractivity contribution in [1.82, 2.24) is 9.97 Å². The predicted molar refractivity (Wildman–Crippen MR) is 117 cm³/mol. The maximum atomic E-state index is 12.7. The van der Waals surface area contributed by atoms with E-state index in [9.17, 15) is 9.59 Å². The third kappa shape index (κ3) is 4.46. The van der Waals surface area contributed by atoms with Crippen LogP contribution in [0.3, 0.4) is 0 Å². The van der Waals surface area contributed by atoms with Crippen LogP contribution < -0.4 is 5.32 Å². The van der Waals surface area contributed by atoms with Crippen LogP contribution in [0, 0.1) is 0 Å². The van der Waals surface area contributed by atoms with Crippen molar-refractivity contribution in [2.24, 2.45) is 0 Å². The summed E-state index contributed by atoms with van der Waals surface area (Å²) in [7, 11) is 0. The van der Waals surface area contributed by atoms with E-state index in [-0.39, 0.29) is 30.0 Å². The molecule has 1 aliphatic rings. The van der Waals surface area contributed by atoms with Crippen molar-refractivity contribution >= 4 is 17.6 Å². The van der Waals surface area contributed by atoms with Gasteiger partial charge >= 0.3 is 0 Å². The molecule has 1 amide bonds. The molecule has 2 aromatic carbocycles. The first kappa shape index (κ1) is 20.0. The van der Waals surface area contributed by atoms with Crippen LogP contribution >= 0.6 is 0 Å². The monoisotopic (exact) mass is 399 g/mol. The lowest BCUT2D eigenvalue weighted by Crippen LogP contribution is -2.23. The smallest absolute Gasteiger partial charge is 0.231 e. The Morgan fingerprint density at radius 1 is 1.07 bits per heavy atom. The van der Waals surface area contributed by atoms with Gasteiger partial charge in [0.05, 0.1) is 17.7 Å². The zero-order chi connectivity index (χ0) is 21.1. The molecule has 0 saturated heterocycles. The molecule has 0 saturated carbocycles. The summed E-state index contributed by atoms with van der Waals surface area (Å²) < 4.78 is 0. The maximum absolute atomic E-state index is 12.7. The van der Waals surface area contributed by atoms with Crippen LogP contribution in [0.1, 0.15) is 64.8 Å². The number of Topliss-reactive ketones (excluding diaryl/α,β-unsaturated/α-hetero) is 1. The number of hydrogen-bond acceptors (Lipinski definition) is 4. The van der Waals surface area contributed by atoms with E-state index in [0.29, 0.717) is 30.0 Å². The fraction of sp³-hybridized carbons (Fsp3) is 0.280. The Hall–Kier alpha value is -3.34. The van der Waals surface area contributed by atoms with Crippen molar-refractivity contribution in [3.8, 4) is 0 Å². The van der Waals surface area contributed by atoms with Crippen LogP contribution in [0.4, 0.5) is 5.95 Å². The van der Waals surface area contributed by atoms with E-state index in [4.69, 9.17) is 0 Å². The van der Waals surface area contributed by atoms with Crippen LogP contribution in [0.2, 0.25) is 0 Å². The van der Waals surface area contributed by atoms with Gasteiger partial charge in [-0.2, -0.15) is 0 Å². The third-order valence-electron chi connectivity index (χ3n) is 5.57. The zero-order valence-electron chi connectivity index (χ0n) is 17.3. The highest BCUT2D eigenvalue weighted by atomic mass is 16.1. The average Bonchev–Trinajstić information content (AvgIpc) is 2.74. The van der Waals surface area contributed by atoms with Crippen molar-refractivity contribution in [2.45, 2.75) is 44.9 Å². The second-order valence-corrected chi connectivity index (χ2v) is 8.11. The molecular formula is C25H25N3O2. The van der Waals surface area contributed by atoms with Crippen LogP contribution in [-0.2, 0) is 17.6 Å². The zero-order valence-corrected chi connectivity index (χ0v) is 17.3. The summed E-state index contributed by atoms with van der Waals surface area (Å²) in [6, 6.07) is 18.0. The lowest BCUT2D eigenvalue weighted by atomic mass is 9.81. The summed E-state index contributed by atoms with van der Waals surface area (Å²) in [5.74, 6) is 0.690. The standard InChI is InChI=1S/C25H25N3O2/c1-16(2)18-8-10-19(11-9-18)20-13-22-21(23(29)14-20)15-26-25(27-22)28-24(30)12-17-6-4-3-5-7-17/h3-11,15-16,20H,12-14H2,1-2H3,(H,26,27,28,30)/t20-/m0/s1. The van der Waals surface area contributed by atoms with Crippen molar-refractivity contribution in [1.29, 1.82) is 0 Å². The van der Waals surface area contributed by atoms with Gasteiger partial charge in [-0.05, 0) is 34.9 Å². The van der Waals surface area contributed by atoms with Crippen LogP contribution in [0.5, 0.6) is 0 Å². The number of carbonyl (C=O) groups excluding carboxylic acids is 2. The quantitative estimate of drug-likeness (QED) is 0.675. The van der Waals surface area contributed by atoms with E-state index in [1.54, 1.807) is 6.20 Å². The molecule has 0 bridgehead atoms. The number of benzene rings is 2. The molecule has 1 atom stereocenters. The first-order valence-corrected chi connectivity index (χ1v) is 10.3. The van der Waals surface area contributed by atoms with Crippen molar-refractivity contribution in [2.75, 3.05) is 5.32 Å². The largest absolute Gasteiger partial charge is 0.294 e. The van der Waals surface area contributed by atoms with Crippen molar-refractivity contribution in [3.05, 3.63) is 88.7 Å². The molecule has 0 spiro atoms. The summed E-state index contributed by atoms with van der Waals surface area (Å²) in [5.41, 5.74) is 4.62. The van der Waals surface area contributed by atoms with Gasteiger partial charge in [0.15, 0.2) is 5.78 Å². The Kier molecular flexibility index (Phi) is 5.70. The minimum Gasteiger partial charge on any atom is -0.294 e. The first-order valence-electron chi connectivity index (χ1n) is 10.3. The van der Waals surface area contributed by atoms with Crippen LogP contribution in [-0.4, -0.2) is 21.7 Å². The number of anilines is 1. The Labute approximate surface area is 176 Å². The number of ketones is 1. The molecule has 152 valence electrons. The van der Waals surface area contributed by atoms with E-state index < -0.39 is 0 Å². The molecule has 0 radical (unpaired) electrons. The summed E-state index contributed by atoms with van der Waals surface area (Å²) in [6.45, 7) is 4.33. The minimum absolute atomic E-state index is 0.0522. The van der Waals surface area contributed by atoms with Gasteiger partial charge in [-0.3, -0.25) is 14.9 Å². The molecule has 3 aromatic rings. The molecule has 0 fully saturated rings. The molecule has 5 heteroatoms. The van der Waals surface area contributed by atoms with Gasteiger partial charge < -0.3 is 0 Å². The number of hydrogen-bond donors (Lipinski definition) is 1. The highest BCUT2D eigenvalue weighted by Gasteiger charge is 2.28. The summed E-state index contributed by atoms with van der Waals surface area (Å²) >= 11 is 0. The fourth-order valence-corrected chi connectivity index (χ4v) is 3.84. The topological polar surface area (TPSA) is 72.0 Å². The molecule has 0 aliphatic heterocycles. The Morgan fingerprint density at radius 3 is 2.50 bits per heavy atom. The molecule has 0 unspecified atom stereocenters. The minimum atomic E-state index is -0.177. The van der Waals surface area contributed by atoms with Gasteiger partial charge in [0.2, 0.25) is 11.9 Å².